The lowest BCUT2D eigenvalue weighted by molar-refractivity contribution is -0.121. The lowest BCUT2D eigenvalue weighted by Crippen LogP contribution is -2.41. The average molecular weight is 487 g/mol. The van der Waals surface area contributed by atoms with Gasteiger partial charge in [-0.25, -0.2) is 4.39 Å². The number of ether oxygens (including phenoxy) is 1. The van der Waals surface area contributed by atoms with Gasteiger partial charge in [-0.15, -0.1) is 0 Å². The molecular weight excluding hydrogens is 455 g/mol. The number of carbonyl (C=O) groups is 3. The SMILES string of the molecule is O=C(CCNC(=O)c1cc2n(n1)CCCN(Cc1ccc(F)cc1)C2=O)NCCN1CCOCC1. The molecule has 2 N–H and O–H groups in total. The minimum absolute atomic E-state index is 0.134. The van der Waals surface area contributed by atoms with Crippen LogP contribution < -0.4 is 10.6 Å². The molecule has 1 saturated heterocycles. The molecule has 35 heavy (non-hydrogen) atoms. The number of morpholine rings is 1. The first-order valence-corrected chi connectivity index (χ1v) is 12.0. The summed E-state index contributed by atoms with van der Waals surface area (Å²) in [5, 5.41) is 9.87. The number of carbonyl (C=O) groups excluding carboxylic acids is 3. The highest BCUT2D eigenvalue weighted by Crippen LogP contribution is 2.17. The normalized spacial score (nSPS) is 16.5. The molecule has 1 fully saturated rings. The molecule has 188 valence electrons. The van der Waals surface area contributed by atoms with Gasteiger partial charge in [0.2, 0.25) is 5.91 Å². The predicted molar refractivity (Wildman–Crippen MR) is 125 cm³/mol. The molecule has 2 aromatic rings. The molecule has 3 amide bonds. The lowest BCUT2D eigenvalue weighted by Gasteiger charge is -2.26. The zero-order chi connectivity index (χ0) is 24.6. The van der Waals surface area contributed by atoms with Crippen LogP contribution in [0.2, 0.25) is 0 Å². The molecule has 0 bridgehead atoms. The van der Waals surface area contributed by atoms with Crippen LogP contribution >= 0.6 is 0 Å². The Morgan fingerprint density at radius 1 is 1.03 bits per heavy atom. The quantitative estimate of drug-likeness (QED) is 0.539. The van der Waals surface area contributed by atoms with E-state index >= 15 is 0 Å². The number of benzene rings is 1. The molecule has 0 aliphatic carbocycles. The maximum Gasteiger partial charge on any atom is 0.272 e. The van der Waals surface area contributed by atoms with Crippen LogP contribution in [-0.4, -0.2) is 89.8 Å². The van der Waals surface area contributed by atoms with Crippen molar-refractivity contribution in [2.24, 2.45) is 0 Å². The van der Waals surface area contributed by atoms with Crippen LogP contribution in [0.4, 0.5) is 4.39 Å². The van der Waals surface area contributed by atoms with Crippen LogP contribution in [0.5, 0.6) is 0 Å². The molecule has 0 atom stereocenters. The summed E-state index contributed by atoms with van der Waals surface area (Å²) in [4.78, 5) is 41.6. The zero-order valence-corrected chi connectivity index (χ0v) is 19.7. The average Bonchev–Trinajstić information content (AvgIpc) is 3.23. The Hall–Kier alpha value is -3.31. The molecule has 0 radical (unpaired) electrons. The van der Waals surface area contributed by atoms with Crippen molar-refractivity contribution in [1.82, 2.24) is 30.2 Å². The second kappa shape index (κ2) is 11.9. The number of amides is 3. The van der Waals surface area contributed by atoms with Crippen molar-refractivity contribution in [2.75, 3.05) is 52.5 Å². The van der Waals surface area contributed by atoms with Gasteiger partial charge in [0.25, 0.3) is 11.8 Å². The minimum Gasteiger partial charge on any atom is -0.379 e. The van der Waals surface area contributed by atoms with Gasteiger partial charge in [-0.1, -0.05) is 12.1 Å². The fourth-order valence-electron chi connectivity index (χ4n) is 4.15. The van der Waals surface area contributed by atoms with Gasteiger partial charge in [0.05, 0.1) is 13.2 Å². The summed E-state index contributed by atoms with van der Waals surface area (Å²) >= 11 is 0. The second-order valence-electron chi connectivity index (χ2n) is 8.65. The Labute approximate surface area is 203 Å². The summed E-state index contributed by atoms with van der Waals surface area (Å²) in [6.45, 7) is 6.08. The van der Waals surface area contributed by atoms with E-state index in [0.717, 1.165) is 38.4 Å². The van der Waals surface area contributed by atoms with Crippen molar-refractivity contribution in [2.45, 2.75) is 25.9 Å². The molecule has 3 heterocycles. The predicted octanol–water partition coefficient (Wildman–Crippen LogP) is 0.637. The topological polar surface area (TPSA) is 109 Å². The van der Waals surface area contributed by atoms with Crippen molar-refractivity contribution in [3.8, 4) is 0 Å². The summed E-state index contributed by atoms with van der Waals surface area (Å²) in [6.07, 6.45) is 0.847. The third-order valence-electron chi connectivity index (χ3n) is 6.10. The monoisotopic (exact) mass is 486 g/mol. The van der Waals surface area contributed by atoms with E-state index in [4.69, 9.17) is 4.74 Å². The van der Waals surface area contributed by atoms with Gasteiger partial charge in [0.1, 0.15) is 11.5 Å². The smallest absolute Gasteiger partial charge is 0.272 e. The number of nitrogens with one attached hydrogen (secondary N) is 2. The van der Waals surface area contributed by atoms with Crippen LogP contribution in [0.25, 0.3) is 0 Å². The summed E-state index contributed by atoms with van der Waals surface area (Å²) < 4.78 is 20.0. The van der Waals surface area contributed by atoms with E-state index in [1.54, 1.807) is 21.7 Å². The number of hydrogen-bond acceptors (Lipinski definition) is 6. The highest BCUT2D eigenvalue weighted by molar-refractivity contribution is 5.98. The fraction of sp³-hybridized carbons (Fsp3) is 0.500. The van der Waals surface area contributed by atoms with Gasteiger partial charge in [-0.2, -0.15) is 5.10 Å². The van der Waals surface area contributed by atoms with Gasteiger partial charge in [0, 0.05) is 64.8 Å². The van der Waals surface area contributed by atoms with Crippen LogP contribution in [0, 0.1) is 5.82 Å². The molecular formula is C24H31FN6O4. The van der Waals surface area contributed by atoms with Crippen molar-refractivity contribution in [3.05, 3.63) is 53.1 Å². The van der Waals surface area contributed by atoms with Gasteiger partial charge in [0.15, 0.2) is 5.69 Å². The van der Waals surface area contributed by atoms with E-state index in [1.807, 2.05) is 0 Å². The number of halogens is 1. The third-order valence-corrected chi connectivity index (χ3v) is 6.10. The van der Waals surface area contributed by atoms with Crippen LogP contribution in [0.15, 0.2) is 30.3 Å². The Balaban J connectivity index is 1.24. The van der Waals surface area contributed by atoms with E-state index < -0.39 is 5.91 Å². The highest BCUT2D eigenvalue weighted by atomic mass is 19.1. The summed E-state index contributed by atoms with van der Waals surface area (Å²) in [7, 11) is 0. The summed E-state index contributed by atoms with van der Waals surface area (Å²) in [6, 6.07) is 7.54. The highest BCUT2D eigenvalue weighted by Gasteiger charge is 2.26. The molecule has 2 aliphatic rings. The Morgan fingerprint density at radius 2 is 1.80 bits per heavy atom. The number of hydrogen-bond donors (Lipinski definition) is 2. The largest absolute Gasteiger partial charge is 0.379 e. The first-order valence-electron chi connectivity index (χ1n) is 12.0. The number of fused-ring (bicyclic) bond motifs is 1. The number of rotatable bonds is 9. The number of nitrogens with zero attached hydrogens (tertiary/aromatic N) is 4. The maximum atomic E-state index is 13.2. The molecule has 4 rings (SSSR count). The minimum atomic E-state index is -0.426. The Kier molecular flexibility index (Phi) is 8.43. The second-order valence-corrected chi connectivity index (χ2v) is 8.65. The number of aryl methyl sites for hydroxylation is 1. The van der Waals surface area contributed by atoms with Crippen molar-refractivity contribution in [1.29, 1.82) is 0 Å². The van der Waals surface area contributed by atoms with Crippen LogP contribution in [0.3, 0.4) is 0 Å². The molecule has 0 unspecified atom stereocenters. The van der Waals surface area contributed by atoms with Gasteiger partial charge in [-0.05, 0) is 24.1 Å². The molecule has 1 aromatic heterocycles. The van der Waals surface area contributed by atoms with E-state index in [1.165, 1.54) is 18.2 Å². The molecule has 10 nitrogen and oxygen atoms in total. The van der Waals surface area contributed by atoms with Gasteiger partial charge >= 0.3 is 0 Å². The van der Waals surface area contributed by atoms with Gasteiger partial charge < -0.3 is 20.3 Å². The van der Waals surface area contributed by atoms with Crippen molar-refractivity contribution < 1.29 is 23.5 Å². The standard InChI is InChI=1S/C24H31FN6O4/c25-19-4-2-18(3-5-19)17-30-9-1-10-31-21(24(30)34)16-20(28-31)23(33)27-7-6-22(32)26-8-11-29-12-14-35-15-13-29/h2-5,16H,1,6-15,17H2,(H,26,32)(H,27,33). The van der Waals surface area contributed by atoms with E-state index in [0.29, 0.717) is 38.3 Å². The van der Waals surface area contributed by atoms with Crippen molar-refractivity contribution >= 4 is 17.7 Å². The lowest BCUT2D eigenvalue weighted by atomic mass is 10.2. The van der Waals surface area contributed by atoms with E-state index in [9.17, 15) is 18.8 Å². The van der Waals surface area contributed by atoms with E-state index in [-0.39, 0.29) is 36.3 Å². The maximum absolute atomic E-state index is 13.2. The fourth-order valence-corrected chi connectivity index (χ4v) is 4.15. The Bertz CT molecular complexity index is 1040. The number of aromatic nitrogens is 2. The Morgan fingerprint density at radius 3 is 2.57 bits per heavy atom. The molecule has 0 spiro atoms. The molecule has 1 aromatic carbocycles. The van der Waals surface area contributed by atoms with E-state index in [2.05, 4.69) is 20.6 Å². The van der Waals surface area contributed by atoms with Crippen LogP contribution in [0.1, 0.15) is 39.4 Å². The summed E-state index contributed by atoms with van der Waals surface area (Å²) in [5.74, 6) is -1.11. The third kappa shape index (κ3) is 6.86. The molecule has 11 heteroatoms. The van der Waals surface area contributed by atoms with Crippen LogP contribution in [-0.2, 0) is 22.6 Å². The molecule has 2 aliphatic heterocycles. The van der Waals surface area contributed by atoms with Gasteiger partial charge in [-0.3, -0.25) is 24.0 Å². The zero-order valence-electron chi connectivity index (χ0n) is 19.7. The van der Waals surface area contributed by atoms with Crippen molar-refractivity contribution in [3.63, 3.8) is 0 Å². The summed E-state index contributed by atoms with van der Waals surface area (Å²) in [5.41, 5.74) is 1.31. The first kappa shape index (κ1) is 24.8. The first-order chi connectivity index (χ1) is 17.0. The molecule has 0 saturated carbocycles.